The molecule has 1 saturated carbocycles. The van der Waals surface area contributed by atoms with Crippen LogP contribution >= 0.6 is 0 Å². The Morgan fingerprint density at radius 1 is 1.04 bits per heavy atom. The molecular weight excluding hydrogens is 354 g/mol. The molecule has 1 saturated heterocycles. The smallest absolute Gasteiger partial charge is 0.298 e. The van der Waals surface area contributed by atoms with Gasteiger partial charge in [-0.1, -0.05) is 17.3 Å². The van der Waals surface area contributed by atoms with E-state index < -0.39 is 0 Å². The second-order valence-corrected chi connectivity index (χ2v) is 7.77. The summed E-state index contributed by atoms with van der Waals surface area (Å²) in [6.45, 7) is 1.87. The number of pyridine rings is 1. The Hall–Kier alpha value is -3.22. The largest absolute Gasteiger partial charge is 0.423 e. The Kier molecular flexibility index (Phi) is 3.32. The van der Waals surface area contributed by atoms with Gasteiger partial charge in [-0.3, -0.25) is 4.98 Å². The molecule has 2 aliphatic rings. The van der Waals surface area contributed by atoms with Crippen LogP contribution in [-0.4, -0.2) is 33.2 Å². The molecule has 0 amide bonds. The lowest BCUT2D eigenvalue weighted by Gasteiger charge is -2.31. The van der Waals surface area contributed by atoms with Gasteiger partial charge in [0, 0.05) is 37.0 Å². The van der Waals surface area contributed by atoms with Crippen molar-refractivity contribution in [1.29, 1.82) is 0 Å². The second kappa shape index (κ2) is 5.89. The molecule has 6 rings (SSSR count). The fourth-order valence-corrected chi connectivity index (χ4v) is 4.38. The standard InChI is InChI=1S/C21H19N5O2/c1-2-6-17-16(5-1)23-20(27-17)26-10-7-21(8-11-26)12-15(21)19-24-18(25-28-19)14-4-3-9-22-13-14/h1-6,9,13,15H,7-8,10-12H2. The molecule has 1 atom stereocenters. The lowest BCUT2D eigenvalue weighted by molar-refractivity contribution is 0.321. The lowest BCUT2D eigenvalue weighted by atomic mass is 9.91. The Morgan fingerprint density at radius 2 is 1.93 bits per heavy atom. The molecule has 1 unspecified atom stereocenters. The molecular formula is C21H19N5O2. The maximum atomic E-state index is 5.93. The zero-order valence-electron chi connectivity index (χ0n) is 15.3. The third-order valence-corrected chi connectivity index (χ3v) is 6.16. The van der Waals surface area contributed by atoms with Gasteiger partial charge in [-0.25, -0.2) is 0 Å². The van der Waals surface area contributed by atoms with Gasteiger partial charge in [-0.2, -0.15) is 9.97 Å². The molecule has 2 fully saturated rings. The average Bonchev–Trinajstić information content (AvgIpc) is 3.13. The van der Waals surface area contributed by atoms with Crippen LogP contribution in [0.3, 0.4) is 0 Å². The van der Waals surface area contributed by atoms with Gasteiger partial charge in [0.05, 0.1) is 0 Å². The summed E-state index contributed by atoms with van der Waals surface area (Å²) in [6.07, 6.45) is 6.78. The van der Waals surface area contributed by atoms with E-state index >= 15 is 0 Å². The fraction of sp³-hybridized carbons (Fsp3) is 0.333. The van der Waals surface area contributed by atoms with Crippen molar-refractivity contribution in [3.63, 3.8) is 0 Å². The van der Waals surface area contributed by atoms with E-state index in [9.17, 15) is 0 Å². The number of piperidine rings is 1. The quantitative estimate of drug-likeness (QED) is 0.536. The highest BCUT2D eigenvalue weighted by Crippen LogP contribution is 2.64. The van der Waals surface area contributed by atoms with Gasteiger partial charge >= 0.3 is 0 Å². The van der Waals surface area contributed by atoms with E-state index in [2.05, 4.69) is 25.0 Å². The van der Waals surface area contributed by atoms with E-state index in [1.165, 1.54) is 0 Å². The van der Waals surface area contributed by atoms with Crippen LogP contribution in [0.4, 0.5) is 6.01 Å². The molecule has 3 aromatic heterocycles. The third kappa shape index (κ3) is 2.50. The van der Waals surface area contributed by atoms with Gasteiger partial charge in [0.25, 0.3) is 6.01 Å². The van der Waals surface area contributed by atoms with Crippen molar-refractivity contribution in [3.8, 4) is 11.4 Å². The summed E-state index contributed by atoms with van der Waals surface area (Å²) in [5.74, 6) is 1.74. The number of para-hydroxylation sites is 2. The van der Waals surface area contributed by atoms with Crippen LogP contribution in [0.1, 0.15) is 31.1 Å². The zero-order chi connectivity index (χ0) is 18.6. The number of nitrogens with zero attached hydrogens (tertiary/aromatic N) is 5. The highest BCUT2D eigenvalue weighted by Gasteiger charge is 2.58. The van der Waals surface area contributed by atoms with Crippen LogP contribution in [0.15, 0.2) is 57.7 Å². The summed E-state index contributed by atoms with van der Waals surface area (Å²) in [5, 5.41) is 4.15. The van der Waals surface area contributed by atoms with Crippen molar-refractivity contribution in [1.82, 2.24) is 20.1 Å². The third-order valence-electron chi connectivity index (χ3n) is 6.16. The number of fused-ring (bicyclic) bond motifs is 1. The highest BCUT2D eigenvalue weighted by atomic mass is 16.5. The minimum absolute atomic E-state index is 0.279. The van der Waals surface area contributed by atoms with E-state index in [1.807, 2.05) is 36.4 Å². The number of oxazole rings is 1. The van der Waals surface area contributed by atoms with Crippen molar-refractivity contribution in [2.45, 2.75) is 25.2 Å². The number of hydrogen-bond donors (Lipinski definition) is 0. The van der Waals surface area contributed by atoms with Gasteiger partial charge in [-0.05, 0) is 48.9 Å². The van der Waals surface area contributed by atoms with E-state index in [0.717, 1.165) is 60.9 Å². The SMILES string of the molecule is c1cncc(-c2noc(C3CC34CCN(c3nc5ccccc5o3)CC4)n2)c1. The van der Waals surface area contributed by atoms with E-state index in [1.54, 1.807) is 12.4 Å². The van der Waals surface area contributed by atoms with Crippen LogP contribution in [-0.2, 0) is 0 Å². The lowest BCUT2D eigenvalue weighted by Crippen LogP contribution is -2.35. The monoisotopic (exact) mass is 373 g/mol. The van der Waals surface area contributed by atoms with Crippen LogP contribution < -0.4 is 4.90 Å². The summed E-state index contributed by atoms with van der Waals surface area (Å²) in [5.41, 5.74) is 2.92. The summed E-state index contributed by atoms with van der Waals surface area (Å²) in [7, 11) is 0. The van der Waals surface area contributed by atoms with E-state index in [0.29, 0.717) is 11.7 Å². The number of benzene rings is 1. The first-order valence-corrected chi connectivity index (χ1v) is 9.65. The molecule has 7 nitrogen and oxygen atoms in total. The molecule has 1 aliphatic carbocycles. The number of aromatic nitrogens is 4. The first kappa shape index (κ1) is 15.8. The van der Waals surface area contributed by atoms with Crippen molar-refractivity contribution < 1.29 is 8.94 Å². The molecule has 0 N–H and O–H groups in total. The number of anilines is 1. The van der Waals surface area contributed by atoms with Crippen LogP contribution in [0, 0.1) is 5.41 Å². The molecule has 7 heteroatoms. The van der Waals surface area contributed by atoms with Gasteiger partial charge in [0.2, 0.25) is 11.7 Å². The van der Waals surface area contributed by atoms with Crippen molar-refractivity contribution in [3.05, 3.63) is 54.7 Å². The molecule has 1 spiro atoms. The zero-order valence-corrected chi connectivity index (χ0v) is 15.3. The number of rotatable bonds is 3. The molecule has 1 aromatic carbocycles. The maximum absolute atomic E-state index is 5.93. The maximum Gasteiger partial charge on any atom is 0.298 e. The summed E-state index contributed by atoms with van der Waals surface area (Å²) in [6, 6.07) is 12.5. The molecule has 4 heterocycles. The predicted octanol–water partition coefficient (Wildman–Crippen LogP) is 4.05. The first-order valence-electron chi connectivity index (χ1n) is 9.65. The molecule has 0 bridgehead atoms. The summed E-state index contributed by atoms with van der Waals surface area (Å²) >= 11 is 0. The van der Waals surface area contributed by atoms with Gasteiger partial charge in [0.15, 0.2) is 5.58 Å². The van der Waals surface area contributed by atoms with Crippen molar-refractivity contribution >= 4 is 17.1 Å². The molecule has 4 aromatic rings. The van der Waals surface area contributed by atoms with E-state index in [4.69, 9.17) is 8.94 Å². The van der Waals surface area contributed by atoms with Crippen molar-refractivity contribution in [2.24, 2.45) is 5.41 Å². The van der Waals surface area contributed by atoms with Gasteiger partial charge in [0.1, 0.15) is 5.52 Å². The van der Waals surface area contributed by atoms with Gasteiger partial charge < -0.3 is 13.8 Å². The Labute approximate surface area is 161 Å². The average molecular weight is 373 g/mol. The first-order chi connectivity index (χ1) is 13.8. The highest BCUT2D eigenvalue weighted by molar-refractivity contribution is 5.74. The second-order valence-electron chi connectivity index (χ2n) is 7.77. The molecule has 28 heavy (non-hydrogen) atoms. The van der Waals surface area contributed by atoms with Crippen molar-refractivity contribution in [2.75, 3.05) is 18.0 Å². The Balaban J connectivity index is 1.16. The normalized spacial score (nSPS) is 20.7. The molecule has 0 radical (unpaired) electrons. The Morgan fingerprint density at radius 3 is 2.75 bits per heavy atom. The number of hydrogen-bond acceptors (Lipinski definition) is 7. The molecule has 1 aliphatic heterocycles. The minimum atomic E-state index is 0.279. The fourth-order valence-electron chi connectivity index (χ4n) is 4.38. The van der Waals surface area contributed by atoms with Crippen LogP contribution in [0.5, 0.6) is 0 Å². The topological polar surface area (TPSA) is 81.1 Å². The molecule has 140 valence electrons. The van der Waals surface area contributed by atoms with Gasteiger partial charge in [-0.15, -0.1) is 0 Å². The predicted molar refractivity (Wildman–Crippen MR) is 103 cm³/mol. The van der Waals surface area contributed by atoms with Crippen LogP contribution in [0.2, 0.25) is 0 Å². The van der Waals surface area contributed by atoms with E-state index in [-0.39, 0.29) is 5.41 Å². The minimum Gasteiger partial charge on any atom is -0.423 e. The van der Waals surface area contributed by atoms with Crippen LogP contribution in [0.25, 0.3) is 22.5 Å². The Bertz CT molecular complexity index is 1090. The summed E-state index contributed by atoms with van der Waals surface area (Å²) in [4.78, 5) is 15.6. The summed E-state index contributed by atoms with van der Waals surface area (Å²) < 4.78 is 11.5.